The molecule has 0 spiro atoms. The van der Waals surface area contributed by atoms with Gasteiger partial charge in [-0.3, -0.25) is 9.69 Å². The number of carbonyl (C=O) groups is 1. The van der Waals surface area contributed by atoms with Crippen molar-refractivity contribution in [3.05, 3.63) is 15.6 Å². The van der Waals surface area contributed by atoms with Gasteiger partial charge in [0.1, 0.15) is 0 Å². The smallest absolute Gasteiger partial charge is 0.303 e. The van der Waals surface area contributed by atoms with E-state index in [9.17, 15) is 4.79 Å². The predicted molar refractivity (Wildman–Crippen MR) is 78.7 cm³/mol. The Morgan fingerprint density at radius 1 is 1.37 bits per heavy atom. The van der Waals surface area contributed by atoms with Crippen molar-refractivity contribution in [2.45, 2.75) is 59.5 Å². The average Bonchev–Trinajstić information content (AvgIpc) is 2.62. The van der Waals surface area contributed by atoms with Crippen LogP contribution in [0, 0.1) is 13.8 Å². The molecule has 1 heterocycles. The topological polar surface area (TPSA) is 53.4 Å². The third kappa shape index (κ3) is 4.58. The van der Waals surface area contributed by atoms with Crippen LogP contribution in [0.25, 0.3) is 0 Å². The van der Waals surface area contributed by atoms with Gasteiger partial charge in [0.25, 0.3) is 0 Å². The van der Waals surface area contributed by atoms with Gasteiger partial charge in [0.2, 0.25) is 0 Å². The van der Waals surface area contributed by atoms with Gasteiger partial charge in [-0.1, -0.05) is 0 Å². The van der Waals surface area contributed by atoms with Crippen LogP contribution in [0.1, 0.15) is 55.2 Å². The van der Waals surface area contributed by atoms with E-state index in [-0.39, 0.29) is 12.5 Å². The highest BCUT2D eigenvalue weighted by Gasteiger charge is 2.22. The molecule has 0 saturated carbocycles. The van der Waals surface area contributed by atoms with Crippen LogP contribution in [0.5, 0.6) is 0 Å². The molecule has 1 aromatic heterocycles. The van der Waals surface area contributed by atoms with E-state index in [4.69, 9.17) is 5.11 Å². The van der Waals surface area contributed by atoms with Crippen LogP contribution in [-0.2, 0) is 4.79 Å². The number of nitrogens with zero attached hydrogens (tertiary/aromatic N) is 2. The van der Waals surface area contributed by atoms with Gasteiger partial charge in [-0.05, 0) is 47.6 Å². The molecule has 4 nitrogen and oxygen atoms in total. The van der Waals surface area contributed by atoms with E-state index in [1.54, 1.807) is 11.3 Å². The van der Waals surface area contributed by atoms with Gasteiger partial charge in [-0.2, -0.15) is 0 Å². The highest BCUT2D eigenvalue weighted by Crippen LogP contribution is 2.28. The number of rotatable bonds is 7. The molecular formula is C14H24N2O2S. The van der Waals surface area contributed by atoms with Gasteiger partial charge in [-0.15, -0.1) is 11.3 Å². The number of aliphatic carboxylic acids is 1. The Bertz CT molecular complexity index is 429. The second-order valence-corrected chi connectivity index (χ2v) is 6.59. The molecule has 108 valence electrons. The quantitative estimate of drug-likeness (QED) is 0.834. The van der Waals surface area contributed by atoms with Gasteiger partial charge in [0.05, 0.1) is 16.7 Å². The monoisotopic (exact) mass is 284 g/mol. The zero-order valence-corrected chi connectivity index (χ0v) is 13.3. The largest absolute Gasteiger partial charge is 0.481 e. The maximum atomic E-state index is 10.6. The second-order valence-electron chi connectivity index (χ2n) is 5.18. The number of hydrogen-bond donors (Lipinski definition) is 1. The van der Waals surface area contributed by atoms with Crippen LogP contribution in [0.2, 0.25) is 0 Å². The normalized spacial score (nSPS) is 13.2. The highest BCUT2D eigenvalue weighted by molar-refractivity contribution is 7.11. The minimum absolute atomic E-state index is 0.227. The van der Waals surface area contributed by atoms with Gasteiger partial charge < -0.3 is 5.11 Å². The number of thiazole rings is 1. The fraction of sp³-hybridized carbons (Fsp3) is 0.714. The molecule has 1 unspecified atom stereocenters. The summed E-state index contributed by atoms with van der Waals surface area (Å²) in [5, 5.41) is 9.83. The molecule has 1 aromatic rings. The van der Waals surface area contributed by atoms with Crippen LogP contribution in [0.4, 0.5) is 0 Å². The third-order valence-electron chi connectivity index (χ3n) is 3.30. The summed E-state index contributed by atoms with van der Waals surface area (Å²) in [6, 6.07) is 0.615. The first-order chi connectivity index (χ1) is 8.82. The Kier molecular flexibility index (Phi) is 5.94. The Morgan fingerprint density at radius 2 is 2.00 bits per heavy atom. The lowest BCUT2D eigenvalue weighted by atomic mass is 10.1. The van der Waals surface area contributed by atoms with Gasteiger partial charge in [-0.25, -0.2) is 4.98 Å². The molecule has 0 fully saturated rings. The second kappa shape index (κ2) is 7.01. The zero-order chi connectivity index (χ0) is 14.6. The summed E-state index contributed by atoms with van der Waals surface area (Å²) in [6.07, 6.45) is 0.908. The summed E-state index contributed by atoms with van der Waals surface area (Å²) in [5.74, 6) is -0.725. The molecule has 1 rings (SSSR count). The molecule has 0 amide bonds. The minimum atomic E-state index is -0.725. The molecule has 0 aliphatic rings. The standard InChI is InChI=1S/C14H24N2O2S/c1-9(2)16(8-6-7-13(17)18)10(3)14-11(4)19-12(5)15-14/h9-10H,6-8H2,1-5H3,(H,17,18). The van der Waals surface area contributed by atoms with Crippen LogP contribution in [0.3, 0.4) is 0 Å². The van der Waals surface area contributed by atoms with Crippen molar-refractivity contribution >= 4 is 17.3 Å². The molecule has 1 atom stereocenters. The highest BCUT2D eigenvalue weighted by atomic mass is 32.1. The number of hydrogen-bond acceptors (Lipinski definition) is 4. The summed E-state index contributed by atoms with van der Waals surface area (Å²) in [7, 11) is 0. The summed E-state index contributed by atoms with van der Waals surface area (Å²) in [5.41, 5.74) is 1.13. The van der Waals surface area contributed by atoms with Crippen LogP contribution in [-0.4, -0.2) is 33.5 Å². The fourth-order valence-electron chi connectivity index (χ4n) is 2.40. The van der Waals surface area contributed by atoms with E-state index in [1.165, 1.54) is 4.88 Å². The average molecular weight is 284 g/mol. The number of carboxylic acid groups (broad SMARTS) is 1. The molecule has 0 aliphatic heterocycles. The molecule has 1 N–H and O–H groups in total. The summed E-state index contributed by atoms with van der Waals surface area (Å²) in [4.78, 5) is 18.8. The summed E-state index contributed by atoms with van der Waals surface area (Å²) in [6.45, 7) is 11.4. The lowest BCUT2D eigenvalue weighted by Crippen LogP contribution is -2.35. The van der Waals surface area contributed by atoms with Crippen LogP contribution < -0.4 is 0 Å². The minimum Gasteiger partial charge on any atom is -0.481 e. The van der Waals surface area contributed by atoms with Crippen molar-refractivity contribution < 1.29 is 9.90 Å². The third-order valence-corrected chi connectivity index (χ3v) is 4.20. The first-order valence-corrected chi connectivity index (χ1v) is 7.56. The number of carboxylic acids is 1. The maximum Gasteiger partial charge on any atom is 0.303 e. The van der Waals surface area contributed by atoms with E-state index >= 15 is 0 Å². The molecule has 0 saturated heterocycles. The summed E-state index contributed by atoms with van der Waals surface area (Å²) >= 11 is 1.72. The predicted octanol–water partition coefficient (Wildman–Crippen LogP) is 3.40. The first kappa shape index (κ1) is 16.1. The number of aromatic nitrogens is 1. The van der Waals surface area contributed by atoms with Crippen molar-refractivity contribution in [1.29, 1.82) is 0 Å². The van der Waals surface area contributed by atoms with Gasteiger partial charge >= 0.3 is 5.97 Å². The summed E-state index contributed by atoms with van der Waals surface area (Å²) < 4.78 is 0. The molecular weight excluding hydrogens is 260 g/mol. The van der Waals surface area contributed by atoms with Crippen molar-refractivity contribution in [3.8, 4) is 0 Å². The maximum absolute atomic E-state index is 10.6. The Balaban J connectivity index is 2.75. The lowest BCUT2D eigenvalue weighted by Gasteiger charge is -2.32. The van der Waals surface area contributed by atoms with E-state index in [2.05, 4.69) is 37.6 Å². The van der Waals surface area contributed by atoms with Gasteiger partial charge in [0, 0.05) is 17.3 Å². The van der Waals surface area contributed by atoms with E-state index < -0.39 is 5.97 Å². The molecule has 0 aromatic carbocycles. The first-order valence-electron chi connectivity index (χ1n) is 6.74. The van der Waals surface area contributed by atoms with E-state index in [0.717, 1.165) is 17.2 Å². The van der Waals surface area contributed by atoms with Crippen molar-refractivity contribution in [1.82, 2.24) is 9.88 Å². The van der Waals surface area contributed by atoms with E-state index in [1.807, 2.05) is 6.92 Å². The van der Waals surface area contributed by atoms with Crippen molar-refractivity contribution in [2.75, 3.05) is 6.54 Å². The molecule has 0 radical (unpaired) electrons. The Hall–Kier alpha value is -0.940. The van der Waals surface area contributed by atoms with Crippen LogP contribution >= 0.6 is 11.3 Å². The molecule has 0 bridgehead atoms. The Morgan fingerprint density at radius 3 is 2.42 bits per heavy atom. The molecule has 19 heavy (non-hydrogen) atoms. The lowest BCUT2D eigenvalue weighted by molar-refractivity contribution is -0.137. The zero-order valence-electron chi connectivity index (χ0n) is 12.4. The SMILES string of the molecule is Cc1nc(C(C)N(CCCC(=O)O)C(C)C)c(C)s1. The number of aryl methyl sites for hydroxylation is 2. The van der Waals surface area contributed by atoms with E-state index in [0.29, 0.717) is 12.5 Å². The molecule has 5 heteroatoms. The fourth-order valence-corrected chi connectivity index (χ4v) is 3.31. The van der Waals surface area contributed by atoms with Crippen molar-refractivity contribution in [2.24, 2.45) is 0 Å². The van der Waals surface area contributed by atoms with Gasteiger partial charge in [0.15, 0.2) is 0 Å². The molecule has 0 aliphatic carbocycles. The van der Waals surface area contributed by atoms with Crippen LogP contribution in [0.15, 0.2) is 0 Å². The Labute approximate surface area is 119 Å². The van der Waals surface area contributed by atoms with Crippen molar-refractivity contribution in [3.63, 3.8) is 0 Å².